The molecule has 7 heteroatoms. The number of nitrogens with zero attached hydrogens (tertiary/aromatic N) is 5. The Labute approximate surface area is 142 Å². The lowest BCUT2D eigenvalue weighted by Gasteiger charge is -2.20. The molecule has 0 spiro atoms. The zero-order valence-corrected chi connectivity index (χ0v) is 14.4. The van der Waals surface area contributed by atoms with Crippen LogP contribution in [0.1, 0.15) is 36.9 Å². The summed E-state index contributed by atoms with van der Waals surface area (Å²) in [6, 6.07) is 6.08. The number of hydrogen-bond acceptors (Lipinski definition) is 7. The number of ether oxygens (including phenoxy) is 1. The average molecular weight is 331 g/mol. The maximum absolute atomic E-state index is 5.35. The summed E-state index contributed by atoms with van der Waals surface area (Å²) in [7, 11) is 1.64. The summed E-state index contributed by atoms with van der Waals surface area (Å²) in [4.78, 5) is 13.7. The molecule has 0 radical (unpaired) electrons. The van der Waals surface area contributed by atoms with Crippen LogP contribution in [-0.2, 0) is 17.8 Å². The average Bonchev–Trinajstić information content (AvgIpc) is 2.97. The molecule has 130 valence electrons. The van der Waals surface area contributed by atoms with E-state index in [1.54, 1.807) is 7.11 Å². The van der Waals surface area contributed by atoms with E-state index in [1.807, 2.05) is 25.3 Å². The van der Waals surface area contributed by atoms with Crippen LogP contribution in [0.15, 0.2) is 28.9 Å². The van der Waals surface area contributed by atoms with Gasteiger partial charge in [-0.3, -0.25) is 14.8 Å². The van der Waals surface area contributed by atoms with Crippen molar-refractivity contribution in [2.75, 3.05) is 33.3 Å². The summed E-state index contributed by atoms with van der Waals surface area (Å²) in [5.74, 6) is 1.27. The molecule has 0 saturated carbocycles. The standard InChI is InChI=1S/C17H25N5O2/c1-14(23-2)17-19-16(24-20-17)13-22-9-5-8-21(10-11-22)12-15-6-3-4-7-18-15/h3-4,6-7,14H,5,8-13H2,1-2H3. The monoisotopic (exact) mass is 331 g/mol. The van der Waals surface area contributed by atoms with E-state index in [1.165, 1.54) is 0 Å². The van der Waals surface area contributed by atoms with Gasteiger partial charge in [-0.05, 0) is 38.6 Å². The first-order valence-corrected chi connectivity index (χ1v) is 8.44. The summed E-state index contributed by atoms with van der Waals surface area (Å²) in [5.41, 5.74) is 1.13. The van der Waals surface area contributed by atoms with Crippen molar-refractivity contribution in [3.63, 3.8) is 0 Å². The molecule has 1 saturated heterocycles. The minimum absolute atomic E-state index is 0.138. The van der Waals surface area contributed by atoms with Crippen molar-refractivity contribution in [2.24, 2.45) is 0 Å². The molecular weight excluding hydrogens is 306 g/mol. The van der Waals surface area contributed by atoms with Crippen molar-refractivity contribution in [1.29, 1.82) is 0 Å². The highest BCUT2D eigenvalue weighted by Crippen LogP contribution is 2.14. The van der Waals surface area contributed by atoms with Crippen LogP contribution in [0.5, 0.6) is 0 Å². The molecule has 0 aromatic carbocycles. The maximum Gasteiger partial charge on any atom is 0.240 e. The van der Waals surface area contributed by atoms with Crippen molar-refractivity contribution in [2.45, 2.75) is 32.5 Å². The molecule has 1 fully saturated rings. The van der Waals surface area contributed by atoms with Crippen LogP contribution in [0.3, 0.4) is 0 Å². The fourth-order valence-corrected chi connectivity index (χ4v) is 2.86. The van der Waals surface area contributed by atoms with E-state index in [4.69, 9.17) is 9.26 Å². The molecule has 0 N–H and O–H groups in total. The predicted octanol–water partition coefficient (Wildman–Crippen LogP) is 1.88. The van der Waals surface area contributed by atoms with Gasteiger partial charge < -0.3 is 9.26 Å². The smallest absolute Gasteiger partial charge is 0.240 e. The highest BCUT2D eigenvalue weighted by Gasteiger charge is 2.19. The fourth-order valence-electron chi connectivity index (χ4n) is 2.86. The molecule has 0 aliphatic carbocycles. The van der Waals surface area contributed by atoms with Crippen LogP contribution in [-0.4, -0.2) is 58.2 Å². The minimum atomic E-state index is -0.138. The lowest BCUT2D eigenvalue weighted by Crippen LogP contribution is -2.30. The molecule has 2 aromatic rings. The Kier molecular flexibility index (Phi) is 5.90. The summed E-state index contributed by atoms with van der Waals surface area (Å²) in [6.45, 7) is 7.65. The van der Waals surface area contributed by atoms with Gasteiger partial charge >= 0.3 is 0 Å². The Bertz CT molecular complexity index is 618. The van der Waals surface area contributed by atoms with Gasteiger partial charge in [0.05, 0.1) is 12.2 Å². The third kappa shape index (κ3) is 4.59. The molecule has 3 rings (SSSR count). The molecule has 1 aliphatic heterocycles. The number of hydrogen-bond donors (Lipinski definition) is 0. The van der Waals surface area contributed by atoms with E-state index in [0.29, 0.717) is 18.3 Å². The van der Waals surface area contributed by atoms with Crippen LogP contribution in [0, 0.1) is 0 Å². The third-order valence-electron chi connectivity index (χ3n) is 4.35. The van der Waals surface area contributed by atoms with Crippen molar-refractivity contribution in [3.05, 3.63) is 41.8 Å². The SMILES string of the molecule is COC(C)c1noc(CN2CCCN(Cc3ccccn3)CC2)n1. The molecule has 0 amide bonds. The second kappa shape index (κ2) is 8.32. The first kappa shape index (κ1) is 17.0. The summed E-state index contributed by atoms with van der Waals surface area (Å²) in [5, 5.41) is 3.99. The molecule has 2 aromatic heterocycles. The van der Waals surface area contributed by atoms with Gasteiger partial charge in [0.2, 0.25) is 5.89 Å². The zero-order chi connectivity index (χ0) is 16.8. The van der Waals surface area contributed by atoms with Crippen molar-refractivity contribution < 1.29 is 9.26 Å². The minimum Gasteiger partial charge on any atom is -0.374 e. The van der Waals surface area contributed by atoms with Crippen LogP contribution >= 0.6 is 0 Å². The Morgan fingerprint density at radius 2 is 1.96 bits per heavy atom. The zero-order valence-electron chi connectivity index (χ0n) is 14.4. The van der Waals surface area contributed by atoms with Gasteiger partial charge in [-0.25, -0.2) is 0 Å². The predicted molar refractivity (Wildman–Crippen MR) is 89.1 cm³/mol. The first-order valence-electron chi connectivity index (χ1n) is 8.44. The lowest BCUT2D eigenvalue weighted by molar-refractivity contribution is 0.109. The van der Waals surface area contributed by atoms with Crippen molar-refractivity contribution in [1.82, 2.24) is 24.9 Å². The largest absolute Gasteiger partial charge is 0.374 e. The molecule has 7 nitrogen and oxygen atoms in total. The van der Waals surface area contributed by atoms with Gasteiger partial charge in [-0.15, -0.1) is 0 Å². The maximum atomic E-state index is 5.35. The number of methoxy groups -OCH3 is 1. The normalized spacial score (nSPS) is 18.4. The summed E-state index contributed by atoms with van der Waals surface area (Å²) >= 11 is 0. The second-order valence-electron chi connectivity index (χ2n) is 6.15. The number of aromatic nitrogens is 3. The highest BCUT2D eigenvalue weighted by atomic mass is 16.5. The van der Waals surface area contributed by atoms with Crippen molar-refractivity contribution in [3.8, 4) is 0 Å². The van der Waals surface area contributed by atoms with Gasteiger partial charge in [0.15, 0.2) is 5.82 Å². The quantitative estimate of drug-likeness (QED) is 0.800. The molecule has 1 unspecified atom stereocenters. The Morgan fingerprint density at radius 3 is 2.67 bits per heavy atom. The van der Waals surface area contributed by atoms with E-state index < -0.39 is 0 Å². The lowest BCUT2D eigenvalue weighted by atomic mass is 10.3. The Balaban J connectivity index is 1.51. The molecule has 0 bridgehead atoms. The Hall–Kier alpha value is -1.83. The molecule has 1 atom stereocenters. The van der Waals surface area contributed by atoms with E-state index >= 15 is 0 Å². The van der Waals surface area contributed by atoms with Gasteiger partial charge in [0.25, 0.3) is 0 Å². The summed E-state index contributed by atoms with van der Waals surface area (Å²) in [6.07, 6.45) is 2.84. The van der Waals surface area contributed by atoms with Crippen LogP contribution in [0.4, 0.5) is 0 Å². The van der Waals surface area contributed by atoms with Gasteiger partial charge in [-0.1, -0.05) is 11.2 Å². The van der Waals surface area contributed by atoms with Gasteiger partial charge in [-0.2, -0.15) is 4.98 Å². The van der Waals surface area contributed by atoms with E-state index in [2.05, 4.69) is 31.0 Å². The van der Waals surface area contributed by atoms with Gasteiger partial charge in [0.1, 0.15) is 6.10 Å². The Morgan fingerprint density at radius 1 is 1.17 bits per heavy atom. The number of pyridine rings is 1. The third-order valence-corrected chi connectivity index (χ3v) is 4.35. The van der Waals surface area contributed by atoms with Crippen LogP contribution < -0.4 is 0 Å². The topological polar surface area (TPSA) is 67.5 Å². The van der Waals surface area contributed by atoms with Crippen molar-refractivity contribution >= 4 is 0 Å². The van der Waals surface area contributed by atoms with Crippen LogP contribution in [0.25, 0.3) is 0 Å². The molecular formula is C17H25N5O2. The summed E-state index contributed by atoms with van der Waals surface area (Å²) < 4.78 is 10.6. The van der Waals surface area contributed by atoms with E-state index in [9.17, 15) is 0 Å². The van der Waals surface area contributed by atoms with Crippen LogP contribution in [0.2, 0.25) is 0 Å². The highest BCUT2D eigenvalue weighted by molar-refractivity contribution is 5.03. The second-order valence-corrected chi connectivity index (χ2v) is 6.15. The first-order chi connectivity index (χ1) is 11.7. The molecule has 1 aliphatic rings. The van der Waals surface area contributed by atoms with Gasteiger partial charge in [0, 0.05) is 32.9 Å². The van der Waals surface area contributed by atoms with E-state index in [0.717, 1.165) is 44.8 Å². The number of rotatable bonds is 6. The molecule has 3 heterocycles. The molecule has 24 heavy (non-hydrogen) atoms. The fraction of sp³-hybridized carbons (Fsp3) is 0.588. The van der Waals surface area contributed by atoms with E-state index in [-0.39, 0.29) is 6.10 Å².